The Morgan fingerprint density at radius 1 is 1.35 bits per heavy atom. The SMILES string of the molecule is CCn1c(=O)[nH]c(=O)c2c(C(=O)Nc3ccn(C)n3)cc(C(C)C)nc21. The molecule has 0 atom stereocenters. The molecule has 3 aromatic rings. The van der Waals surface area contributed by atoms with Crippen molar-refractivity contribution < 1.29 is 4.79 Å². The molecule has 0 saturated carbocycles. The van der Waals surface area contributed by atoms with Crippen LogP contribution in [0.4, 0.5) is 5.82 Å². The molecule has 2 N–H and O–H groups in total. The van der Waals surface area contributed by atoms with E-state index in [-0.39, 0.29) is 22.5 Å². The van der Waals surface area contributed by atoms with Crippen LogP contribution in [-0.2, 0) is 13.6 Å². The van der Waals surface area contributed by atoms with Crippen molar-refractivity contribution in [3.8, 4) is 0 Å². The average Bonchev–Trinajstić information content (AvgIpc) is 2.98. The molecule has 26 heavy (non-hydrogen) atoms. The maximum atomic E-state index is 12.8. The van der Waals surface area contributed by atoms with Crippen molar-refractivity contribution in [1.82, 2.24) is 24.3 Å². The summed E-state index contributed by atoms with van der Waals surface area (Å²) < 4.78 is 2.90. The summed E-state index contributed by atoms with van der Waals surface area (Å²) >= 11 is 0. The highest BCUT2D eigenvalue weighted by Gasteiger charge is 2.20. The van der Waals surface area contributed by atoms with E-state index in [0.717, 1.165) is 0 Å². The van der Waals surface area contributed by atoms with Crippen LogP contribution in [0.3, 0.4) is 0 Å². The van der Waals surface area contributed by atoms with Crippen molar-refractivity contribution >= 4 is 22.8 Å². The monoisotopic (exact) mass is 356 g/mol. The van der Waals surface area contributed by atoms with Gasteiger partial charge in [-0.25, -0.2) is 9.78 Å². The van der Waals surface area contributed by atoms with Gasteiger partial charge in [0.25, 0.3) is 11.5 Å². The van der Waals surface area contributed by atoms with Crippen LogP contribution in [0, 0.1) is 0 Å². The van der Waals surface area contributed by atoms with Crippen LogP contribution in [-0.4, -0.2) is 30.2 Å². The van der Waals surface area contributed by atoms with Crippen molar-refractivity contribution in [1.29, 1.82) is 0 Å². The van der Waals surface area contributed by atoms with E-state index in [1.54, 1.807) is 37.0 Å². The Balaban J connectivity index is 2.27. The lowest BCUT2D eigenvalue weighted by Crippen LogP contribution is -2.32. The standard InChI is InChI=1S/C17H20N6O3/c1-5-23-14-13(16(25)20-17(23)26)10(8-11(18-14)9(2)3)15(24)19-12-6-7-22(4)21-12/h6-9H,5H2,1-4H3,(H,19,21,24)(H,20,25,26). The normalized spacial score (nSPS) is 11.3. The number of anilines is 1. The fourth-order valence-electron chi connectivity index (χ4n) is 2.73. The second-order valence-corrected chi connectivity index (χ2v) is 6.28. The molecule has 3 rings (SSSR count). The van der Waals surface area contributed by atoms with Crippen molar-refractivity contribution in [3.05, 3.63) is 50.4 Å². The third-order valence-corrected chi connectivity index (χ3v) is 4.08. The van der Waals surface area contributed by atoms with Crippen LogP contribution in [0.25, 0.3) is 11.0 Å². The van der Waals surface area contributed by atoms with E-state index < -0.39 is 17.2 Å². The van der Waals surface area contributed by atoms with Gasteiger partial charge in [0, 0.05) is 31.5 Å². The number of amides is 1. The summed E-state index contributed by atoms with van der Waals surface area (Å²) in [7, 11) is 1.74. The van der Waals surface area contributed by atoms with Gasteiger partial charge in [0.15, 0.2) is 11.5 Å². The molecule has 0 aliphatic rings. The second kappa shape index (κ2) is 6.58. The quantitative estimate of drug-likeness (QED) is 0.729. The van der Waals surface area contributed by atoms with E-state index in [1.165, 1.54) is 4.57 Å². The number of nitrogens with zero attached hydrogens (tertiary/aromatic N) is 4. The van der Waals surface area contributed by atoms with E-state index >= 15 is 0 Å². The zero-order chi connectivity index (χ0) is 19.0. The van der Waals surface area contributed by atoms with Crippen molar-refractivity contribution in [2.45, 2.75) is 33.2 Å². The minimum atomic E-state index is -0.635. The second-order valence-electron chi connectivity index (χ2n) is 6.28. The first kappa shape index (κ1) is 17.6. The molecule has 0 saturated heterocycles. The lowest BCUT2D eigenvalue weighted by Gasteiger charge is -2.13. The van der Waals surface area contributed by atoms with Crippen molar-refractivity contribution in [3.63, 3.8) is 0 Å². The number of carbonyl (C=O) groups excluding carboxylic acids is 1. The number of H-pyrrole nitrogens is 1. The predicted octanol–water partition coefficient (Wildman–Crippen LogP) is 1.21. The van der Waals surface area contributed by atoms with E-state index in [1.807, 2.05) is 13.8 Å². The molecule has 3 heterocycles. The minimum Gasteiger partial charge on any atom is -0.305 e. The van der Waals surface area contributed by atoms with Gasteiger partial charge in [-0.3, -0.25) is 23.8 Å². The third-order valence-electron chi connectivity index (χ3n) is 4.08. The maximum Gasteiger partial charge on any atom is 0.329 e. The molecule has 0 fully saturated rings. The summed E-state index contributed by atoms with van der Waals surface area (Å²) in [6, 6.07) is 3.24. The summed E-state index contributed by atoms with van der Waals surface area (Å²) in [4.78, 5) is 44.1. The Kier molecular flexibility index (Phi) is 4.45. The molecular weight excluding hydrogens is 336 g/mol. The molecule has 136 valence electrons. The van der Waals surface area contributed by atoms with Gasteiger partial charge in [-0.15, -0.1) is 0 Å². The zero-order valence-corrected chi connectivity index (χ0v) is 15.0. The highest BCUT2D eigenvalue weighted by molar-refractivity contribution is 6.11. The van der Waals surface area contributed by atoms with E-state index in [2.05, 4.69) is 20.4 Å². The summed E-state index contributed by atoms with van der Waals surface area (Å²) in [6.45, 7) is 5.95. The summed E-state index contributed by atoms with van der Waals surface area (Å²) in [6.07, 6.45) is 1.70. The summed E-state index contributed by atoms with van der Waals surface area (Å²) in [5, 5.41) is 6.88. The first-order valence-electron chi connectivity index (χ1n) is 8.30. The van der Waals surface area contributed by atoms with Crippen molar-refractivity contribution in [2.75, 3.05) is 5.32 Å². The number of fused-ring (bicyclic) bond motifs is 1. The van der Waals surface area contributed by atoms with Crippen LogP contribution in [0.1, 0.15) is 42.7 Å². The molecule has 0 radical (unpaired) electrons. The molecule has 0 aromatic carbocycles. The largest absolute Gasteiger partial charge is 0.329 e. The fraction of sp³-hybridized carbons (Fsp3) is 0.353. The number of aromatic nitrogens is 5. The molecule has 0 aliphatic carbocycles. The number of hydrogen-bond acceptors (Lipinski definition) is 5. The van der Waals surface area contributed by atoms with Crippen LogP contribution in [0.2, 0.25) is 0 Å². The molecule has 9 heteroatoms. The van der Waals surface area contributed by atoms with Crippen LogP contribution in [0.15, 0.2) is 27.9 Å². The maximum absolute atomic E-state index is 12.8. The number of aromatic amines is 1. The highest BCUT2D eigenvalue weighted by atomic mass is 16.2. The lowest BCUT2D eigenvalue weighted by atomic mass is 10.0. The van der Waals surface area contributed by atoms with Gasteiger partial charge in [0.05, 0.1) is 10.9 Å². The van der Waals surface area contributed by atoms with Crippen LogP contribution in [0.5, 0.6) is 0 Å². The smallest absolute Gasteiger partial charge is 0.305 e. The van der Waals surface area contributed by atoms with E-state index in [0.29, 0.717) is 18.1 Å². The Hall–Kier alpha value is -3.23. The predicted molar refractivity (Wildman–Crippen MR) is 97.5 cm³/mol. The Morgan fingerprint density at radius 3 is 2.65 bits per heavy atom. The first-order chi connectivity index (χ1) is 12.3. The van der Waals surface area contributed by atoms with Gasteiger partial charge >= 0.3 is 5.69 Å². The van der Waals surface area contributed by atoms with Gasteiger partial charge in [-0.1, -0.05) is 13.8 Å². The van der Waals surface area contributed by atoms with E-state index in [9.17, 15) is 14.4 Å². The van der Waals surface area contributed by atoms with Gasteiger partial charge in [-0.2, -0.15) is 5.10 Å². The highest BCUT2D eigenvalue weighted by Crippen LogP contribution is 2.20. The van der Waals surface area contributed by atoms with Gasteiger partial charge in [0.2, 0.25) is 0 Å². The molecule has 3 aromatic heterocycles. The molecule has 0 unspecified atom stereocenters. The van der Waals surface area contributed by atoms with Gasteiger partial charge in [-0.05, 0) is 18.9 Å². The Labute approximate surface area is 148 Å². The van der Waals surface area contributed by atoms with Gasteiger partial charge in [0.1, 0.15) is 0 Å². The lowest BCUT2D eigenvalue weighted by molar-refractivity contribution is 0.102. The summed E-state index contributed by atoms with van der Waals surface area (Å²) in [5.41, 5.74) is -0.194. The number of hydrogen-bond donors (Lipinski definition) is 2. The Bertz CT molecular complexity index is 1110. The fourth-order valence-corrected chi connectivity index (χ4v) is 2.73. The number of nitrogens with one attached hydrogen (secondary N) is 2. The van der Waals surface area contributed by atoms with Crippen LogP contribution >= 0.6 is 0 Å². The zero-order valence-electron chi connectivity index (χ0n) is 15.0. The number of rotatable bonds is 4. The molecule has 0 spiro atoms. The molecule has 9 nitrogen and oxygen atoms in total. The van der Waals surface area contributed by atoms with Crippen molar-refractivity contribution in [2.24, 2.45) is 7.05 Å². The van der Waals surface area contributed by atoms with Crippen LogP contribution < -0.4 is 16.6 Å². The molecule has 0 bridgehead atoms. The molecule has 1 amide bonds. The molecular formula is C17H20N6O3. The van der Waals surface area contributed by atoms with Gasteiger partial charge < -0.3 is 5.32 Å². The minimum absolute atomic E-state index is 0.0143. The molecule has 0 aliphatic heterocycles. The average molecular weight is 356 g/mol. The van der Waals surface area contributed by atoms with E-state index in [4.69, 9.17) is 0 Å². The number of aryl methyl sites for hydroxylation is 2. The topological polar surface area (TPSA) is 115 Å². The number of carbonyl (C=O) groups is 1. The Morgan fingerprint density at radius 2 is 2.08 bits per heavy atom. The number of pyridine rings is 1. The third kappa shape index (κ3) is 3.03. The first-order valence-corrected chi connectivity index (χ1v) is 8.30. The summed E-state index contributed by atoms with van der Waals surface area (Å²) in [5.74, 6) is -0.0981.